The summed E-state index contributed by atoms with van der Waals surface area (Å²) in [6.45, 7) is 9.57. The normalized spacial score (nSPS) is 28.2. The zero-order valence-corrected chi connectivity index (χ0v) is 16.1. The van der Waals surface area contributed by atoms with Crippen LogP contribution in [-0.4, -0.2) is 20.8 Å². The molecule has 2 aromatic rings. The molecule has 2 N–H and O–H groups in total. The average Bonchev–Trinajstić information content (AvgIpc) is 3.09. The van der Waals surface area contributed by atoms with Gasteiger partial charge in [0.25, 0.3) is 0 Å². The van der Waals surface area contributed by atoms with E-state index in [0.717, 1.165) is 11.7 Å². The van der Waals surface area contributed by atoms with Crippen molar-refractivity contribution in [3.05, 3.63) is 29.7 Å². The molecule has 2 aliphatic rings. The van der Waals surface area contributed by atoms with E-state index in [-0.39, 0.29) is 0 Å². The highest BCUT2D eigenvalue weighted by molar-refractivity contribution is 5.84. The Kier molecular flexibility index (Phi) is 3.82. The summed E-state index contributed by atoms with van der Waals surface area (Å²) in [6, 6.07) is 0.388. The van der Waals surface area contributed by atoms with Crippen molar-refractivity contribution < 1.29 is 0 Å². The maximum atomic E-state index is 4.34. The van der Waals surface area contributed by atoms with Crippen LogP contribution in [0.4, 0.5) is 5.82 Å². The molecule has 4 rings (SSSR count). The van der Waals surface area contributed by atoms with Gasteiger partial charge in [-0.15, -0.1) is 0 Å². The number of anilines is 1. The molecule has 1 aliphatic carbocycles. The molecule has 1 fully saturated rings. The minimum Gasteiger partial charge on any atom is -0.365 e. The van der Waals surface area contributed by atoms with Gasteiger partial charge in [-0.2, -0.15) is 5.10 Å². The third-order valence-electron chi connectivity index (χ3n) is 5.97. The molecule has 1 aliphatic heterocycles. The standard InChI is InChI=1S/C21H30N4/c1-13-6-15(9-21(3,4)8-13)17-7-18-19(16-10-23-25(5)12-16)11-22-20(18)24-14(17)2/h7,10-15,22,24H,6,8-9H2,1-5H3. The molecule has 0 radical (unpaired) electrons. The van der Waals surface area contributed by atoms with E-state index in [1.54, 1.807) is 5.57 Å². The number of rotatable bonds is 2. The van der Waals surface area contributed by atoms with Crippen molar-refractivity contribution in [2.45, 2.75) is 53.0 Å². The lowest BCUT2D eigenvalue weighted by Crippen LogP contribution is -2.34. The Bertz CT molecular complexity index is 808. The van der Waals surface area contributed by atoms with Crippen molar-refractivity contribution in [3.63, 3.8) is 0 Å². The van der Waals surface area contributed by atoms with E-state index in [9.17, 15) is 0 Å². The highest BCUT2D eigenvalue weighted by Crippen LogP contribution is 2.47. The topological polar surface area (TPSA) is 45.6 Å². The first-order chi connectivity index (χ1) is 11.8. The van der Waals surface area contributed by atoms with Gasteiger partial charge >= 0.3 is 0 Å². The smallest absolute Gasteiger partial charge is 0.111 e. The summed E-state index contributed by atoms with van der Waals surface area (Å²) >= 11 is 0. The monoisotopic (exact) mass is 338 g/mol. The molecule has 3 atom stereocenters. The van der Waals surface area contributed by atoms with Gasteiger partial charge in [0.2, 0.25) is 0 Å². The van der Waals surface area contributed by atoms with Crippen LogP contribution in [0.25, 0.3) is 17.2 Å². The van der Waals surface area contributed by atoms with Crippen LogP contribution in [0, 0.1) is 17.3 Å². The molecule has 0 saturated heterocycles. The third-order valence-corrected chi connectivity index (χ3v) is 5.97. The highest BCUT2D eigenvalue weighted by atomic mass is 15.2. The molecule has 1 saturated carbocycles. The molecule has 134 valence electrons. The zero-order valence-electron chi connectivity index (χ0n) is 16.1. The summed E-state index contributed by atoms with van der Waals surface area (Å²) in [7, 11) is 1.97. The van der Waals surface area contributed by atoms with Crippen molar-refractivity contribution in [2.75, 3.05) is 5.32 Å². The molecule has 0 aromatic carbocycles. The van der Waals surface area contributed by atoms with Crippen molar-refractivity contribution in [1.82, 2.24) is 14.8 Å². The second kappa shape index (κ2) is 5.79. The van der Waals surface area contributed by atoms with Crippen LogP contribution in [-0.2, 0) is 7.05 Å². The van der Waals surface area contributed by atoms with Gasteiger partial charge in [0.05, 0.1) is 6.20 Å². The van der Waals surface area contributed by atoms with Gasteiger partial charge in [-0.25, -0.2) is 0 Å². The first-order valence-electron chi connectivity index (χ1n) is 9.51. The predicted octanol–water partition coefficient (Wildman–Crippen LogP) is 5.08. The lowest BCUT2D eigenvalue weighted by Gasteiger charge is -2.42. The largest absolute Gasteiger partial charge is 0.365 e. The zero-order chi connectivity index (χ0) is 17.8. The predicted molar refractivity (Wildman–Crippen MR) is 104 cm³/mol. The summed E-state index contributed by atoms with van der Waals surface area (Å²) in [4.78, 5) is 3.42. The van der Waals surface area contributed by atoms with Gasteiger partial charge in [-0.05, 0) is 55.1 Å². The molecule has 0 spiro atoms. The summed E-state index contributed by atoms with van der Waals surface area (Å²) in [5.41, 5.74) is 5.70. The van der Waals surface area contributed by atoms with Crippen LogP contribution in [0.2, 0.25) is 0 Å². The molecule has 2 aromatic heterocycles. The average molecular weight is 338 g/mol. The molecule has 4 heteroatoms. The lowest BCUT2D eigenvalue weighted by molar-refractivity contribution is 0.149. The van der Waals surface area contributed by atoms with Gasteiger partial charge in [0, 0.05) is 42.2 Å². The van der Waals surface area contributed by atoms with Gasteiger partial charge in [0.15, 0.2) is 0 Å². The number of hydrogen-bond acceptors (Lipinski definition) is 2. The SMILES string of the molecule is CC1CC(C2=Cc3c(-c4cnn(C)c4)c[nH]c3NC2C)CC(C)(C)C1. The van der Waals surface area contributed by atoms with E-state index in [4.69, 9.17) is 0 Å². The fraction of sp³-hybridized carbons (Fsp3) is 0.571. The molecule has 0 amide bonds. The number of aromatic nitrogens is 3. The first kappa shape index (κ1) is 16.5. The molecular formula is C21H30N4. The maximum Gasteiger partial charge on any atom is 0.111 e. The van der Waals surface area contributed by atoms with E-state index < -0.39 is 0 Å². The van der Waals surface area contributed by atoms with E-state index in [0.29, 0.717) is 17.4 Å². The van der Waals surface area contributed by atoms with Crippen molar-refractivity contribution >= 4 is 11.9 Å². The summed E-state index contributed by atoms with van der Waals surface area (Å²) in [5.74, 6) is 2.61. The van der Waals surface area contributed by atoms with Gasteiger partial charge in [-0.1, -0.05) is 20.8 Å². The number of H-pyrrole nitrogens is 1. The number of nitrogens with one attached hydrogen (secondary N) is 2. The summed E-state index contributed by atoms with van der Waals surface area (Å²) in [5, 5.41) is 8.03. The Morgan fingerprint density at radius 2 is 2.04 bits per heavy atom. The number of aryl methyl sites for hydroxylation is 1. The number of aromatic amines is 1. The van der Waals surface area contributed by atoms with E-state index in [2.05, 4.69) is 61.6 Å². The molecule has 25 heavy (non-hydrogen) atoms. The maximum absolute atomic E-state index is 4.34. The Morgan fingerprint density at radius 3 is 2.72 bits per heavy atom. The van der Waals surface area contributed by atoms with Crippen LogP contribution in [0.1, 0.15) is 52.5 Å². The Balaban J connectivity index is 1.72. The molecular weight excluding hydrogens is 308 g/mol. The van der Waals surface area contributed by atoms with Crippen LogP contribution >= 0.6 is 0 Å². The fourth-order valence-electron chi connectivity index (χ4n) is 5.17. The van der Waals surface area contributed by atoms with Crippen molar-refractivity contribution in [1.29, 1.82) is 0 Å². The second-order valence-electron chi connectivity index (χ2n) is 9.01. The van der Waals surface area contributed by atoms with Gasteiger partial charge in [0.1, 0.15) is 5.82 Å². The van der Waals surface area contributed by atoms with Gasteiger partial charge in [-0.3, -0.25) is 4.68 Å². The van der Waals surface area contributed by atoms with Crippen LogP contribution in [0.5, 0.6) is 0 Å². The minimum atomic E-state index is 0.388. The van der Waals surface area contributed by atoms with E-state index in [1.807, 2.05) is 17.9 Å². The number of nitrogens with zero attached hydrogens (tertiary/aromatic N) is 2. The van der Waals surface area contributed by atoms with Crippen molar-refractivity contribution in [2.24, 2.45) is 24.3 Å². The summed E-state index contributed by atoms with van der Waals surface area (Å²) < 4.78 is 1.86. The Hall–Kier alpha value is -1.97. The van der Waals surface area contributed by atoms with Crippen LogP contribution in [0.3, 0.4) is 0 Å². The van der Waals surface area contributed by atoms with Crippen LogP contribution < -0.4 is 5.32 Å². The van der Waals surface area contributed by atoms with Crippen LogP contribution in [0.15, 0.2) is 24.2 Å². The lowest BCUT2D eigenvalue weighted by atomic mass is 9.65. The Labute approximate surface area is 150 Å². The second-order valence-corrected chi connectivity index (χ2v) is 9.01. The third kappa shape index (κ3) is 3.03. The molecule has 0 bridgehead atoms. The quantitative estimate of drug-likeness (QED) is 0.802. The summed E-state index contributed by atoms with van der Waals surface area (Å²) in [6.07, 6.45) is 12.5. The van der Waals surface area contributed by atoms with Gasteiger partial charge < -0.3 is 10.3 Å². The first-order valence-corrected chi connectivity index (χ1v) is 9.51. The molecule has 3 heterocycles. The minimum absolute atomic E-state index is 0.388. The molecule has 3 unspecified atom stereocenters. The fourth-order valence-corrected chi connectivity index (χ4v) is 5.17. The van der Waals surface area contributed by atoms with E-state index >= 15 is 0 Å². The number of fused-ring (bicyclic) bond motifs is 1. The van der Waals surface area contributed by atoms with E-state index in [1.165, 1.54) is 36.0 Å². The molecule has 4 nitrogen and oxygen atoms in total. The van der Waals surface area contributed by atoms with Crippen molar-refractivity contribution in [3.8, 4) is 11.1 Å². The number of hydrogen-bond donors (Lipinski definition) is 2. The Morgan fingerprint density at radius 1 is 1.24 bits per heavy atom. The highest BCUT2D eigenvalue weighted by Gasteiger charge is 2.36.